The zero-order chi connectivity index (χ0) is 21.1. The Kier molecular flexibility index (Phi) is 5.82. The molecular weight excluding hydrogens is 376 g/mol. The molecule has 0 saturated carbocycles. The Morgan fingerprint density at radius 3 is 2.30 bits per heavy atom. The van der Waals surface area contributed by atoms with Crippen LogP contribution in [0, 0.1) is 18.3 Å². The van der Waals surface area contributed by atoms with E-state index >= 15 is 0 Å². The van der Waals surface area contributed by atoms with Crippen molar-refractivity contribution < 1.29 is 9.59 Å². The van der Waals surface area contributed by atoms with Crippen molar-refractivity contribution in [1.82, 2.24) is 9.80 Å². The fourth-order valence-corrected chi connectivity index (χ4v) is 4.25. The lowest BCUT2D eigenvalue weighted by molar-refractivity contribution is -0.133. The van der Waals surface area contributed by atoms with Crippen LogP contribution in [0.25, 0.3) is 0 Å². The van der Waals surface area contributed by atoms with Gasteiger partial charge in [0, 0.05) is 38.4 Å². The molecule has 30 heavy (non-hydrogen) atoms. The lowest BCUT2D eigenvalue weighted by Crippen LogP contribution is -2.54. The van der Waals surface area contributed by atoms with Gasteiger partial charge in [0.1, 0.15) is 0 Å². The van der Waals surface area contributed by atoms with Crippen molar-refractivity contribution in [1.29, 1.82) is 5.26 Å². The number of carbonyl (C=O) groups excluding carboxylic acids is 2. The first-order valence-electron chi connectivity index (χ1n) is 10.4. The summed E-state index contributed by atoms with van der Waals surface area (Å²) in [5, 5.41) is 8.95. The number of hydrogen-bond donors (Lipinski definition) is 0. The van der Waals surface area contributed by atoms with Crippen LogP contribution in [0.3, 0.4) is 0 Å². The van der Waals surface area contributed by atoms with Crippen molar-refractivity contribution in [3.05, 3.63) is 65.2 Å². The number of benzene rings is 2. The van der Waals surface area contributed by atoms with Crippen LogP contribution in [0.5, 0.6) is 0 Å². The molecule has 2 aliphatic rings. The number of piperazine rings is 1. The van der Waals surface area contributed by atoms with E-state index in [0.717, 1.165) is 30.8 Å². The van der Waals surface area contributed by atoms with Crippen LogP contribution in [0.15, 0.2) is 48.5 Å². The van der Waals surface area contributed by atoms with Crippen LogP contribution in [-0.4, -0.2) is 60.4 Å². The van der Waals surface area contributed by atoms with E-state index in [0.29, 0.717) is 31.6 Å². The monoisotopic (exact) mass is 402 g/mol. The predicted octanol–water partition coefficient (Wildman–Crippen LogP) is 2.36. The Bertz CT molecular complexity index is 954. The third-order valence-electron chi connectivity index (χ3n) is 6.07. The van der Waals surface area contributed by atoms with Crippen LogP contribution < -0.4 is 4.90 Å². The van der Waals surface area contributed by atoms with Crippen molar-refractivity contribution >= 4 is 17.5 Å². The quantitative estimate of drug-likeness (QED) is 0.787. The maximum absolute atomic E-state index is 13.0. The van der Waals surface area contributed by atoms with Gasteiger partial charge >= 0.3 is 0 Å². The SMILES string of the molecule is Cc1ccc(CC(=O)N2CCN(C3CCN(c4ccc(C#N)cc4)C3=O)CC2)cc1. The van der Waals surface area contributed by atoms with Crippen LogP contribution >= 0.6 is 0 Å². The maximum Gasteiger partial charge on any atom is 0.244 e. The minimum Gasteiger partial charge on any atom is -0.340 e. The molecule has 0 spiro atoms. The van der Waals surface area contributed by atoms with Crippen molar-refractivity contribution in [2.75, 3.05) is 37.6 Å². The molecule has 0 N–H and O–H groups in total. The number of rotatable bonds is 4. The van der Waals surface area contributed by atoms with Gasteiger partial charge in [0.25, 0.3) is 0 Å². The van der Waals surface area contributed by atoms with E-state index in [2.05, 4.69) is 11.0 Å². The molecule has 0 aromatic heterocycles. The molecule has 1 atom stereocenters. The highest BCUT2D eigenvalue weighted by molar-refractivity contribution is 5.99. The lowest BCUT2D eigenvalue weighted by Gasteiger charge is -2.37. The molecule has 2 aromatic rings. The molecule has 2 amide bonds. The number of nitriles is 1. The molecule has 4 rings (SSSR count). The second-order valence-electron chi connectivity index (χ2n) is 8.03. The van der Waals surface area contributed by atoms with Gasteiger partial charge in [-0.15, -0.1) is 0 Å². The summed E-state index contributed by atoms with van der Waals surface area (Å²) in [6, 6.07) is 17.2. The van der Waals surface area contributed by atoms with Gasteiger partial charge in [-0.25, -0.2) is 0 Å². The average Bonchev–Trinajstić information content (AvgIpc) is 3.16. The lowest BCUT2D eigenvalue weighted by atomic mass is 10.1. The molecule has 0 radical (unpaired) electrons. The second-order valence-corrected chi connectivity index (χ2v) is 8.03. The molecule has 154 valence electrons. The second kappa shape index (κ2) is 8.68. The van der Waals surface area contributed by atoms with Crippen molar-refractivity contribution in [2.45, 2.75) is 25.8 Å². The molecule has 2 saturated heterocycles. The standard InChI is InChI=1S/C24H26N4O2/c1-18-2-4-19(5-3-18)16-23(29)27-14-12-26(13-15-27)22-10-11-28(24(22)30)21-8-6-20(17-25)7-9-21/h2-9,22H,10-16H2,1H3. The minimum absolute atomic E-state index is 0.110. The Hall–Kier alpha value is -3.17. The van der Waals surface area contributed by atoms with Gasteiger partial charge in [-0.3, -0.25) is 14.5 Å². The first-order valence-corrected chi connectivity index (χ1v) is 10.4. The van der Waals surface area contributed by atoms with Crippen molar-refractivity contribution in [3.8, 4) is 6.07 Å². The summed E-state index contributed by atoms with van der Waals surface area (Å²) in [4.78, 5) is 31.6. The van der Waals surface area contributed by atoms with E-state index in [-0.39, 0.29) is 17.9 Å². The molecule has 2 fully saturated rings. The van der Waals surface area contributed by atoms with E-state index < -0.39 is 0 Å². The Balaban J connectivity index is 1.31. The van der Waals surface area contributed by atoms with Gasteiger partial charge in [-0.05, 0) is 43.2 Å². The fourth-order valence-electron chi connectivity index (χ4n) is 4.25. The van der Waals surface area contributed by atoms with Crippen LogP contribution in [0.1, 0.15) is 23.1 Å². The Labute approximate surface area is 177 Å². The number of nitrogens with zero attached hydrogens (tertiary/aromatic N) is 4. The summed E-state index contributed by atoms with van der Waals surface area (Å²) in [5.74, 6) is 0.259. The van der Waals surface area contributed by atoms with E-state index in [1.54, 1.807) is 17.0 Å². The maximum atomic E-state index is 13.0. The number of amides is 2. The first kappa shape index (κ1) is 20.1. The molecule has 0 aliphatic carbocycles. The smallest absolute Gasteiger partial charge is 0.244 e. The molecular formula is C24H26N4O2. The van der Waals surface area contributed by atoms with Gasteiger partial charge in [0.05, 0.1) is 24.1 Å². The van der Waals surface area contributed by atoms with E-state index in [4.69, 9.17) is 5.26 Å². The van der Waals surface area contributed by atoms with Gasteiger partial charge in [-0.1, -0.05) is 29.8 Å². The summed E-state index contributed by atoms with van der Waals surface area (Å²) < 4.78 is 0. The highest BCUT2D eigenvalue weighted by Gasteiger charge is 2.38. The molecule has 2 aliphatic heterocycles. The molecule has 1 unspecified atom stereocenters. The van der Waals surface area contributed by atoms with Gasteiger partial charge < -0.3 is 9.80 Å². The van der Waals surface area contributed by atoms with Crippen LogP contribution in [0.2, 0.25) is 0 Å². The predicted molar refractivity (Wildman–Crippen MR) is 115 cm³/mol. The normalized spacial score (nSPS) is 19.7. The number of aryl methyl sites for hydroxylation is 1. The highest BCUT2D eigenvalue weighted by Crippen LogP contribution is 2.25. The number of anilines is 1. The third kappa shape index (κ3) is 4.22. The van der Waals surface area contributed by atoms with E-state index in [1.807, 2.05) is 48.2 Å². The van der Waals surface area contributed by atoms with Gasteiger partial charge in [0.15, 0.2) is 0 Å². The molecule has 2 aromatic carbocycles. The number of carbonyl (C=O) groups is 2. The van der Waals surface area contributed by atoms with Crippen LogP contribution in [-0.2, 0) is 16.0 Å². The van der Waals surface area contributed by atoms with Gasteiger partial charge in [-0.2, -0.15) is 5.26 Å². The largest absolute Gasteiger partial charge is 0.340 e. The summed E-state index contributed by atoms with van der Waals surface area (Å²) in [5.41, 5.74) is 3.66. The van der Waals surface area contributed by atoms with E-state index in [1.165, 1.54) is 5.56 Å². The molecule has 2 heterocycles. The summed E-state index contributed by atoms with van der Waals surface area (Å²) in [6.45, 7) is 5.48. The topological polar surface area (TPSA) is 67.7 Å². The van der Waals surface area contributed by atoms with Crippen molar-refractivity contribution in [2.24, 2.45) is 0 Å². The summed E-state index contributed by atoms with van der Waals surface area (Å²) >= 11 is 0. The molecule has 6 heteroatoms. The first-order chi connectivity index (χ1) is 14.5. The molecule has 0 bridgehead atoms. The zero-order valence-electron chi connectivity index (χ0n) is 17.3. The summed E-state index contributed by atoms with van der Waals surface area (Å²) in [7, 11) is 0. The van der Waals surface area contributed by atoms with E-state index in [9.17, 15) is 9.59 Å². The Morgan fingerprint density at radius 2 is 1.67 bits per heavy atom. The summed E-state index contributed by atoms with van der Waals surface area (Å²) in [6.07, 6.45) is 1.21. The third-order valence-corrected chi connectivity index (χ3v) is 6.07. The molecule has 6 nitrogen and oxygen atoms in total. The van der Waals surface area contributed by atoms with Crippen molar-refractivity contribution in [3.63, 3.8) is 0 Å². The average molecular weight is 402 g/mol. The van der Waals surface area contributed by atoms with Crippen LogP contribution in [0.4, 0.5) is 5.69 Å². The number of hydrogen-bond acceptors (Lipinski definition) is 4. The Morgan fingerprint density at radius 1 is 1.00 bits per heavy atom. The zero-order valence-corrected chi connectivity index (χ0v) is 17.3. The highest BCUT2D eigenvalue weighted by atomic mass is 16.2. The fraction of sp³-hybridized carbons (Fsp3) is 0.375. The van der Waals surface area contributed by atoms with Gasteiger partial charge in [0.2, 0.25) is 11.8 Å². The minimum atomic E-state index is -0.130.